The fourth-order valence-electron chi connectivity index (χ4n) is 1.46. The van der Waals surface area contributed by atoms with E-state index in [2.05, 4.69) is 26.6 Å². The Morgan fingerprint density at radius 3 is 2.65 bits per heavy atom. The number of carbonyl (C=O) groups is 2. The van der Waals surface area contributed by atoms with Crippen molar-refractivity contribution in [3.8, 4) is 0 Å². The Bertz CT molecular complexity index is 492. The number of benzene rings is 1. The van der Waals surface area contributed by atoms with E-state index in [9.17, 15) is 9.59 Å². The summed E-state index contributed by atoms with van der Waals surface area (Å²) < 4.78 is 0.779. The Hall–Kier alpha value is -1.07. The molecule has 0 aromatic heterocycles. The van der Waals surface area contributed by atoms with Gasteiger partial charge in [0.2, 0.25) is 5.91 Å². The summed E-state index contributed by atoms with van der Waals surface area (Å²) in [6, 6.07) is 5.06. The van der Waals surface area contributed by atoms with Gasteiger partial charge in [-0.05, 0) is 24.1 Å². The number of carbonyl (C=O) groups excluding carboxylic acids is 2. The molecule has 0 spiro atoms. The van der Waals surface area contributed by atoms with Gasteiger partial charge in [-0.3, -0.25) is 9.59 Å². The topological polar surface area (TPSA) is 58.2 Å². The van der Waals surface area contributed by atoms with Crippen LogP contribution < -0.4 is 10.6 Å². The Morgan fingerprint density at radius 1 is 1.30 bits per heavy atom. The van der Waals surface area contributed by atoms with Crippen LogP contribution in [0.2, 0.25) is 5.02 Å². The van der Waals surface area contributed by atoms with Crippen LogP contribution >= 0.6 is 27.5 Å². The molecule has 110 valence electrons. The van der Waals surface area contributed by atoms with Crippen LogP contribution in [0.4, 0.5) is 0 Å². The molecule has 0 aliphatic heterocycles. The Labute approximate surface area is 132 Å². The second-order valence-corrected chi connectivity index (χ2v) is 6.15. The van der Waals surface area contributed by atoms with Gasteiger partial charge in [0.15, 0.2) is 0 Å². The molecule has 20 heavy (non-hydrogen) atoms. The summed E-state index contributed by atoms with van der Waals surface area (Å²) in [6.07, 6.45) is 0.254. The molecule has 0 bridgehead atoms. The number of amides is 2. The zero-order valence-electron chi connectivity index (χ0n) is 11.5. The van der Waals surface area contributed by atoms with Gasteiger partial charge in [-0.15, -0.1) is 0 Å². The molecule has 2 N–H and O–H groups in total. The highest BCUT2D eigenvalue weighted by Gasteiger charge is 2.11. The maximum Gasteiger partial charge on any atom is 0.252 e. The summed E-state index contributed by atoms with van der Waals surface area (Å²) in [4.78, 5) is 23.4. The third-order valence-corrected chi connectivity index (χ3v) is 3.34. The number of halogens is 2. The highest BCUT2D eigenvalue weighted by Crippen LogP contribution is 2.20. The summed E-state index contributed by atoms with van der Waals surface area (Å²) >= 11 is 9.24. The van der Waals surface area contributed by atoms with Crippen molar-refractivity contribution in [2.45, 2.75) is 20.3 Å². The van der Waals surface area contributed by atoms with Gasteiger partial charge in [0.1, 0.15) is 0 Å². The molecule has 0 atom stereocenters. The van der Waals surface area contributed by atoms with Crippen LogP contribution in [-0.2, 0) is 4.79 Å². The first-order valence-corrected chi connectivity index (χ1v) is 7.57. The molecule has 0 saturated heterocycles. The molecule has 4 nitrogen and oxygen atoms in total. The van der Waals surface area contributed by atoms with Gasteiger partial charge in [-0.25, -0.2) is 0 Å². The third-order valence-electron chi connectivity index (χ3n) is 2.52. The predicted molar refractivity (Wildman–Crippen MR) is 83.9 cm³/mol. The lowest BCUT2D eigenvalue weighted by atomic mass is 10.2. The molecule has 1 aromatic carbocycles. The fourth-order valence-corrected chi connectivity index (χ4v) is 2.03. The van der Waals surface area contributed by atoms with E-state index >= 15 is 0 Å². The van der Waals surface area contributed by atoms with E-state index in [4.69, 9.17) is 11.6 Å². The molecular formula is C14H18BrClN2O2. The van der Waals surface area contributed by atoms with Crippen molar-refractivity contribution in [2.75, 3.05) is 13.1 Å². The molecule has 1 aromatic rings. The average Bonchev–Trinajstić information content (AvgIpc) is 2.39. The summed E-state index contributed by atoms with van der Waals surface area (Å²) in [5.41, 5.74) is 0.392. The molecule has 1 rings (SSSR count). The lowest BCUT2D eigenvalue weighted by molar-refractivity contribution is -0.121. The molecule has 0 aliphatic rings. The predicted octanol–water partition coefficient (Wildman–Crippen LogP) is 2.99. The lowest BCUT2D eigenvalue weighted by Gasteiger charge is -2.09. The van der Waals surface area contributed by atoms with E-state index in [0.29, 0.717) is 23.0 Å². The molecule has 0 fully saturated rings. The molecule has 0 heterocycles. The summed E-state index contributed by atoms with van der Waals surface area (Å²) in [5.74, 6) is 0.0568. The number of nitrogens with one attached hydrogen (secondary N) is 2. The van der Waals surface area contributed by atoms with Crippen LogP contribution in [0.5, 0.6) is 0 Å². The van der Waals surface area contributed by atoms with Crippen molar-refractivity contribution in [1.29, 1.82) is 0 Å². The van der Waals surface area contributed by atoms with Gasteiger partial charge in [-0.2, -0.15) is 0 Å². The molecule has 0 unspecified atom stereocenters. The quantitative estimate of drug-likeness (QED) is 0.818. The first-order valence-electron chi connectivity index (χ1n) is 6.40. The molecule has 6 heteroatoms. The van der Waals surface area contributed by atoms with E-state index in [-0.39, 0.29) is 24.8 Å². The minimum Gasteiger partial charge on any atom is -0.356 e. The molecule has 0 saturated carbocycles. The Balaban J connectivity index is 2.40. The van der Waals surface area contributed by atoms with Gasteiger partial charge in [0.25, 0.3) is 5.91 Å². The lowest BCUT2D eigenvalue weighted by Crippen LogP contribution is -2.32. The van der Waals surface area contributed by atoms with Crippen molar-refractivity contribution in [1.82, 2.24) is 10.6 Å². The number of hydrogen-bond donors (Lipinski definition) is 2. The van der Waals surface area contributed by atoms with E-state index in [0.717, 1.165) is 4.47 Å². The largest absolute Gasteiger partial charge is 0.356 e. The molecule has 2 amide bonds. The van der Waals surface area contributed by atoms with Crippen LogP contribution in [-0.4, -0.2) is 24.9 Å². The minimum absolute atomic E-state index is 0.0701. The average molecular weight is 362 g/mol. The van der Waals surface area contributed by atoms with Crippen molar-refractivity contribution in [3.05, 3.63) is 33.3 Å². The number of rotatable bonds is 6. The monoisotopic (exact) mass is 360 g/mol. The smallest absolute Gasteiger partial charge is 0.252 e. The van der Waals surface area contributed by atoms with Crippen molar-refractivity contribution >= 4 is 39.3 Å². The molecule has 0 aliphatic carbocycles. The molecular weight excluding hydrogens is 344 g/mol. The first kappa shape index (κ1) is 17.0. The summed E-state index contributed by atoms with van der Waals surface area (Å²) in [5, 5.41) is 5.86. The fraction of sp³-hybridized carbons (Fsp3) is 0.429. The van der Waals surface area contributed by atoms with Gasteiger partial charge in [0, 0.05) is 24.0 Å². The zero-order chi connectivity index (χ0) is 15.1. The highest BCUT2D eigenvalue weighted by atomic mass is 79.9. The third kappa shape index (κ3) is 5.92. The normalized spacial score (nSPS) is 10.4. The zero-order valence-corrected chi connectivity index (χ0v) is 13.8. The van der Waals surface area contributed by atoms with Crippen molar-refractivity contribution < 1.29 is 9.59 Å². The van der Waals surface area contributed by atoms with Crippen LogP contribution in [0.3, 0.4) is 0 Å². The van der Waals surface area contributed by atoms with Crippen LogP contribution in [0.15, 0.2) is 22.7 Å². The maximum absolute atomic E-state index is 11.9. The van der Waals surface area contributed by atoms with Gasteiger partial charge >= 0.3 is 0 Å². The van der Waals surface area contributed by atoms with E-state index in [1.54, 1.807) is 18.2 Å². The van der Waals surface area contributed by atoms with E-state index in [1.165, 1.54) is 0 Å². The van der Waals surface area contributed by atoms with E-state index in [1.807, 2.05) is 13.8 Å². The second kappa shape index (κ2) is 8.27. The van der Waals surface area contributed by atoms with E-state index < -0.39 is 0 Å². The standard InChI is InChI=1S/C14H18BrClN2O2/c1-9(2)8-18-13(19)5-6-17-14(20)11-7-10(15)3-4-12(11)16/h3-4,7,9H,5-6,8H2,1-2H3,(H,17,20)(H,18,19). The van der Waals surface area contributed by atoms with Gasteiger partial charge in [-0.1, -0.05) is 41.4 Å². The van der Waals surface area contributed by atoms with Crippen molar-refractivity contribution in [2.24, 2.45) is 5.92 Å². The SMILES string of the molecule is CC(C)CNC(=O)CCNC(=O)c1cc(Br)ccc1Cl. The first-order chi connectivity index (χ1) is 9.40. The van der Waals surface area contributed by atoms with Gasteiger partial charge in [0.05, 0.1) is 10.6 Å². The summed E-state index contributed by atoms with van der Waals surface area (Å²) in [6.45, 7) is 4.98. The number of hydrogen-bond acceptors (Lipinski definition) is 2. The Morgan fingerprint density at radius 2 is 2.00 bits per heavy atom. The summed E-state index contributed by atoms with van der Waals surface area (Å²) in [7, 11) is 0. The van der Waals surface area contributed by atoms with Crippen LogP contribution in [0.25, 0.3) is 0 Å². The Kier molecular flexibility index (Phi) is 7.02. The van der Waals surface area contributed by atoms with Crippen LogP contribution in [0.1, 0.15) is 30.6 Å². The van der Waals surface area contributed by atoms with Crippen molar-refractivity contribution in [3.63, 3.8) is 0 Å². The second-order valence-electron chi connectivity index (χ2n) is 4.83. The minimum atomic E-state index is -0.284. The molecule has 0 radical (unpaired) electrons. The van der Waals surface area contributed by atoms with Gasteiger partial charge < -0.3 is 10.6 Å². The van der Waals surface area contributed by atoms with Crippen LogP contribution in [0, 0.1) is 5.92 Å². The highest BCUT2D eigenvalue weighted by molar-refractivity contribution is 9.10. The maximum atomic E-state index is 11.9.